The number of hydrogen-bond donors (Lipinski definition) is 3. The predicted octanol–water partition coefficient (Wildman–Crippen LogP) is 0.672. The summed E-state index contributed by atoms with van der Waals surface area (Å²) in [6.07, 6.45) is -1.03. The summed E-state index contributed by atoms with van der Waals surface area (Å²) in [7, 11) is -3.98. The Morgan fingerprint density at radius 2 is 1.94 bits per heavy atom. The quantitative estimate of drug-likeness (QED) is 0.688. The number of rotatable bonds is 4. The Morgan fingerprint density at radius 3 is 2.47 bits per heavy atom. The Morgan fingerprint density at radius 1 is 1.35 bits per heavy atom. The van der Waals surface area contributed by atoms with Gasteiger partial charge in [-0.05, 0) is 31.2 Å². The van der Waals surface area contributed by atoms with E-state index in [9.17, 15) is 13.2 Å². The van der Waals surface area contributed by atoms with Gasteiger partial charge in [0.1, 0.15) is 0 Å². The molecule has 8 heteroatoms. The summed E-state index contributed by atoms with van der Waals surface area (Å²) in [6, 6.07) is 6.00. The molecule has 0 saturated carbocycles. The van der Waals surface area contributed by atoms with Crippen LogP contribution in [0.5, 0.6) is 0 Å². The zero-order valence-electron chi connectivity index (χ0n) is 9.14. The smallest absolute Gasteiger partial charge is 0.422 e. The number of hydrogen-bond acceptors (Lipinski definition) is 5. The highest BCUT2D eigenvalue weighted by atomic mass is 32.2. The maximum atomic E-state index is 11.4. The second-order valence-corrected chi connectivity index (χ2v) is 4.47. The molecule has 0 unspecified atom stereocenters. The van der Waals surface area contributed by atoms with Crippen LogP contribution in [0.15, 0.2) is 24.3 Å². The van der Waals surface area contributed by atoms with Crippen molar-refractivity contribution in [2.45, 2.75) is 6.92 Å². The Hall–Kier alpha value is -1.96. The van der Waals surface area contributed by atoms with Gasteiger partial charge in [-0.1, -0.05) is 0 Å². The topological polar surface area (TPSA) is 111 Å². The van der Waals surface area contributed by atoms with Gasteiger partial charge >= 0.3 is 16.3 Å². The van der Waals surface area contributed by atoms with Gasteiger partial charge in [0.25, 0.3) is 0 Å². The van der Waals surface area contributed by atoms with E-state index >= 15 is 0 Å². The van der Waals surface area contributed by atoms with Crippen molar-refractivity contribution in [2.24, 2.45) is 0 Å². The Bertz CT molecular complexity index is 483. The van der Waals surface area contributed by atoms with E-state index in [0.717, 1.165) is 0 Å². The molecule has 1 aromatic carbocycles. The molecule has 94 valence electrons. The first-order valence-electron chi connectivity index (χ1n) is 4.76. The SMILES string of the molecule is CCOC(=O)NS(=O)(=O)Nc1ccc(N)cc1. The van der Waals surface area contributed by atoms with Crippen LogP contribution >= 0.6 is 0 Å². The van der Waals surface area contributed by atoms with Gasteiger partial charge in [0, 0.05) is 5.69 Å². The molecule has 0 atom stereocenters. The van der Waals surface area contributed by atoms with Crippen LogP contribution in [0.25, 0.3) is 0 Å². The van der Waals surface area contributed by atoms with E-state index in [1.807, 2.05) is 0 Å². The molecule has 0 saturated heterocycles. The Labute approximate surface area is 99.1 Å². The second kappa shape index (κ2) is 5.39. The molecule has 1 amide bonds. The Kier molecular flexibility index (Phi) is 4.16. The minimum atomic E-state index is -3.98. The summed E-state index contributed by atoms with van der Waals surface area (Å²) in [4.78, 5) is 10.9. The number of carbonyl (C=O) groups is 1. The summed E-state index contributed by atoms with van der Waals surface area (Å²) in [5, 5.41) is 0. The number of nitrogens with two attached hydrogens (primary N) is 1. The van der Waals surface area contributed by atoms with E-state index in [0.29, 0.717) is 5.69 Å². The van der Waals surface area contributed by atoms with E-state index in [1.54, 1.807) is 11.6 Å². The lowest BCUT2D eigenvalue weighted by molar-refractivity contribution is 0.159. The van der Waals surface area contributed by atoms with Gasteiger partial charge in [-0.25, -0.2) is 9.52 Å². The van der Waals surface area contributed by atoms with E-state index < -0.39 is 16.3 Å². The van der Waals surface area contributed by atoms with Crippen LogP contribution in [0.3, 0.4) is 0 Å². The third kappa shape index (κ3) is 4.60. The highest BCUT2D eigenvalue weighted by molar-refractivity contribution is 7.91. The minimum absolute atomic E-state index is 0.0865. The molecule has 0 bridgehead atoms. The average molecular weight is 259 g/mol. The monoisotopic (exact) mass is 259 g/mol. The summed E-state index contributed by atoms with van der Waals surface area (Å²) in [6.45, 7) is 1.66. The number of nitrogens with one attached hydrogen (secondary N) is 2. The Balaban J connectivity index is 2.66. The van der Waals surface area contributed by atoms with Gasteiger partial charge in [0.15, 0.2) is 0 Å². The summed E-state index contributed by atoms with van der Waals surface area (Å²) >= 11 is 0. The molecule has 0 fully saturated rings. The van der Waals surface area contributed by atoms with E-state index in [4.69, 9.17) is 5.73 Å². The lowest BCUT2D eigenvalue weighted by Gasteiger charge is -2.09. The summed E-state index contributed by atoms with van der Waals surface area (Å²) in [5.74, 6) is 0. The predicted molar refractivity (Wildman–Crippen MR) is 63.6 cm³/mol. The molecule has 0 heterocycles. The number of ether oxygens (including phenoxy) is 1. The van der Waals surface area contributed by atoms with Crippen molar-refractivity contribution in [2.75, 3.05) is 17.1 Å². The third-order valence-corrected chi connectivity index (χ3v) is 2.60. The number of carbonyl (C=O) groups excluding carboxylic acids is 1. The average Bonchev–Trinajstić information content (AvgIpc) is 2.20. The maximum absolute atomic E-state index is 11.4. The van der Waals surface area contributed by atoms with Gasteiger partial charge in [-0.3, -0.25) is 4.72 Å². The van der Waals surface area contributed by atoms with Crippen molar-refractivity contribution in [3.8, 4) is 0 Å². The molecule has 0 aromatic heterocycles. The summed E-state index contributed by atoms with van der Waals surface area (Å²) < 4.78 is 31.1. The number of nitrogen functional groups attached to an aromatic ring is 1. The molecule has 7 nitrogen and oxygen atoms in total. The maximum Gasteiger partial charge on any atom is 0.422 e. The van der Waals surface area contributed by atoms with Crippen LogP contribution in [0.2, 0.25) is 0 Å². The van der Waals surface area contributed by atoms with Crippen molar-refractivity contribution >= 4 is 27.7 Å². The molecular formula is C9H13N3O4S. The third-order valence-electron chi connectivity index (χ3n) is 1.66. The molecule has 0 radical (unpaired) electrons. The first-order chi connectivity index (χ1) is 7.93. The fourth-order valence-corrected chi connectivity index (χ4v) is 1.78. The molecule has 1 rings (SSSR count). The van der Waals surface area contributed by atoms with Gasteiger partial charge in [0.05, 0.1) is 12.3 Å². The summed E-state index contributed by atoms with van der Waals surface area (Å²) in [5.41, 5.74) is 6.24. The first kappa shape index (κ1) is 13.1. The fourth-order valence-electron chi connectivity index (χ4n) is 1.00. The standard InChI is InChI=1S/C9H13N3O4S/c1-2-16-9(13)12-17(14,15)11-8-5-3-7(10)4-6-8/h3-6,11H,2,10H2,1H3,(H,12,13). The van der Waals surface area contributed by atoms with Crippen LogP contribution in [0, 0.1) is 0 Å². The lowest BCUT2D eigenvalue weighted by Crippen LogP contribution is -2.35. The van der Waals surface area contributed by atoms with Gasteiger partial charge in [-0.2, -0.15) is 8.42 Å². The molecule has 1 aromatic rings. The van der Waals surface area contributed by atoms with Crippen molar-refractivity contribution in [3.05, 3.63) is 24.3 Å². The van der Waals surface area contributed by atoms with Crippen molar-refractivity contribution in [3.63, 3.8) is 0 Å². The normalized spacial score (nSPS) is 10.6. The molecule has 0 aliphatic rings. The first-order valence-corrected chi connectivity index (χ1v) is 6.24. The van der Waals surface area contributed by atoms with Crippen molar-refractivity contribution < 1.29 is 17.9 Å². The van der Waals surface area contributed by atoms with Crippen LogP contribution in [-0.4, -0.2) is 21.1 Å². The van der Waals surface area contributed by atoms with E-state index in [-0.39, 0.29) is 12.3 Å². The largest absolute Gasteiger partial charge is 0.449 e. The number of amides is 1. The molecule has 0 aliphatic carbocycles. The molecule has 0 spiro atoms. The molecule has 0 aliphatic heterocycles. The fraction of sp³-hybridized carbons (Fsp3) is 0.222. The van der Waals surface area contributed by atoms with Gasteiger partial charge < -0.3 is 10.5 Å². The zero-order valence-corrected chi connectivity index (χ0v) is 9.95. The van der Waals surface area contributed by atoms with Crippen molar-refractivity contribution in [1.29, 1.82) is 0 Å². The van der Waals surface area contributed by atoms with Gasteiger partial charge in [-0.15, -0.1) is 0 Å². The number of anilines is 2. The van der Waals surface area contributed by atoms with Crippen molar-refractivity contribution in [1.82, 2.24) is 4.72 Å². The van der Waals surface area contributed by atoms with Crippen LogP contribution in [0.1, 0.15) is 6.92 Å². The molecule has 4 N–H and O–H groups in total. The van der Waals surface area contributed by atoms with E-state index in [1.165, 1.54) is 24.3 Å². The highest BCUT2D eigenvalue weighted by Gasteiger charge is 2.14. The number of benzene rings is 1. The van der Waals surface area contributed by atoms with E-state index in [2.05, 4.69) is 9.46 Å². The second-order valence-electron chi connectivity index (χ2n) is 3.05. The zero-order chi connectivity index (χ0) is 12.9. The lowest BCUT2D eigenvalue weighted by atomic mass is 10.3. The van der Waals surface area contributed by atoms with Crippen LogP contribution < -0.4 is 15.2 Å². The minimum Gasteiger partial charge on any atom is -0.449 e. The highest BCUT2D eigenvalue weighted by Crippen LogP contribution is 2.11. The van der Waals surface area contributed by atoms with Crippen LogP contribution in [-0.2, 0) is 14.9 Å². The molecule has 17 heavy (non-hydrogen) atoms. The molecular weight excluding hydrogens is 246 g/mol. The van der Waals surface area contributed by atoms with Crippen LogP contribution in [0.4, 0.5) is 16.2 Å². The van der Waals surface area contributed by atoms with Gasteiger partial charge in [0.2, 0.25) is 0 Å².